The summed E-state index contributed by atoms with van der Waals surface area (Å²) in [6.45, 7) is 6.66. The summed E-state index contributed by atoms with van der Waals surface area (Å²) in [7, 11) is 0. The van der Waals surface area contributed by atoms with E-state index in [1.165, 1.54) is 5.56 Å². The van der Waals surface area contributed by atoms with Crippen molar-refractivity contribution in [3.05, 3.63) is 69.2 Å². The fourth-order valence-corrected chi connectivity index (χ4v) is 3.28. The van der Waals surface area contributed by atoms with Crippen molar-refractivity contribution in [3.8, 4) is 0 Å². The Balaban J connectivity index is 2.15. The van der Waals surface area contributed by atoms with Gasteiger partial charge in [0.15, 0.2) is 0 Å². The first kappa shape index (κ1) is 23.2. The zero-order valence-corrected chi connectivity index (χ0v) is 18.7. The summed E-state index contributed by atoms with van der Waals surface area (Å²) in [6.07, 6.45) is 1.79. The van der Waals surface area contributed by atoms with Crippen LogP contribution in [0.1, 0.15) is 43.4 Å². The predicted octanol–water partition coefficient (Wildman–Crippen LogP) is 5.18. The molecule has 2 amide bonds. The zero-order chi connectivity index (χ0) is 21.4. The van der Waals surface area contributed by atoms with E-state index in [-0.39, 0.29) is 11.8 Å². The van der Waals surface area contributed by atoms with Gasteiger partial charge in [-0.1, -0.05) is 66.0 Å². The number of hydrogen-bond donors (Lipinski definition) is 1. The van der Waals surface area contributed by atoms with Crippen LogP contribution in [0.15, 0.2) is 42.5 Å². The molecule has 0 aromatic heterocycles. The number of nitrogens with one attached hydrogen (secondary N) is 1. The van der Waals surface area contributed by atoms with Crippen molar-refractivity contribution in [3.63, 3.8) is 0 Å². The summed E-state index contributed by atoms with van der Waals surface area (Å²) in [5.74, 6) is -0.230. The second kappa shape index (κ2) is 11.2. The Morgan fingerprint density at radius 1 is 1.03 bits per heavy atom. The van der Waals surface area contributed by atoms with Crippen molar-refractivity contribution in [1.82, 2.24) is 10.2 Å². The van der Waals surface area contributed by atoms with E-state index in [0.29, 0.717) is 36.0 Å². The highest BCUT2D eigenvalue weighted by Gasteiger charge is 2.25. The number of aryl methyl sites for hydroxylation is 2. The molecule has 0 aliphatic heterocycles. The number of amides is 2. The van der Waals surface area contributed by atoms with Gasteiger partial charge in [-0.15, -0.1) is 0 Å². The lowest BCUT2D eigenvalue weighted by Crippen LogP contribution is -2.47. The van der Waals surface area contributed by atoms with Gasteiger partial charge in [0.1, 0.15) is 6.04 Å². The Labute approximate surface area is 183 Å². The maximum absolute atomic E-state index is 13.0. The summed E-state index contributed by atoms with van der Waals surface area (Å²) in [5.41, 5.74) is 3.11. The Morgan fingerprint density at radius 3 is 2.31 bits per heavy atom. The molecular formula is C23H28Cl2N2O2. The fourth-order valence-electron chi connectivity index (χ4n) is 2.96. The molecule has 0 aliphatic carbocycles. The average Bonchev–Trinajstić information content (AvgIpc) is 2.71. The lowest BCUT2D eigenvalue weighted by atomic mass is 10.1. The van der Waals surface area contributed by atoms with Gasteiger partial charge in [-0.3, -0.25) is 9.59 Å². The highest BCUT2D eigenvalue weighted by molar-refractivity contribution is 6.42. The molecule has 156 valence electrons. The van der Waals surface area contributed by atoms with E-state index in [1.54, 1.807) is 24.0 Å². The molecule has 0 fully saturated rings. The Morgan fingerprint density at radius 2 is 1.69 bits per heavy atom. The second-order valence-corrected chi connectivity index (χ2v) is 8.04. The van der Waals surface area contributed by atoms with Crippen LogP contribution in [0.2, 0.25) is 10.0 Å². The molecule has 2 aromatic rings. The lowest BCUT2D eigenvalue weighted by molar-refractivity contribution is -0.140. The first-order valence-electron chi connectivity index (χ1n) is 9.88. The van der Waals surface area contributed by atoms with Crippen LogP contribution in [0, 0.1) is 6.92 Å². The van der Waals surface area contributed by atoms with Gasteiger partial charge in [-0.05, 0) is 49.9 Å². The summed E-state index contributed by atoms with van der Waals surface area (Å²) >= 11 is 12.1. The number of carbonyl (C=O) groups excluding carboxylic acids is 2. The second-order valence-electron chi connectivity index (χ2n) is 7.22. The van der Waals surface area contributed by atoms with Crippen LogP contribution >= 0.6 is 23.2 Å². The van der Waals surface area contributed by atoms with Gasteiger partial charge >= 0.3 is 0 Å². The Kier molecular flexibility index (Phi) is 8.99. The van der Waals surface area contributed by atoms with E-state index in [2.05, 4.69) is 5.32 Å². The van der Waals surface area contributed by atoms with E-state index in [9.17, 15) is 9.59 Å². The molecule has 0 aliphatic rings. The van der Waals surface area contributed by atoms with Crippen LogP contribution in [0.25, 0.3) is 0 Å². The van der Waals surface area contributed by atoms with E-state index in [4.69, 9.17) is 23.2 Å². The van der Waals surface area contributed by atoms with E-state index in [0.717, 1.165) is 17.5 Å². The normalized spacial score (nSPS) is 11.8. The van der Waals surface area contributed by atoms with Crippen LogP contribution in [-0.2, 0) is 22.6 Å². The fraction of sp³-hybridized carbons (Fsp3) is 0.391. The van der Waals surface area contributed by atoms with Gasteiger partial charge in [0.25, 0.3) is 0 Å². The molecule has 6 heteroatoms. The van der Waals surface area contributed by atoms with Crippen LogP contribution in [0.3, 0.4) is 0 Å². The molecule has 2 rings (SSSR count). The third-order valence-electron chi connectivity index (χ3n) is 4.80. The van der Waals surface area contributed by atoms with Crippen LogP contribution in [0.4, 0.5) is 0 Å². The maximum Gasteiger partial charge on any atom is 0.242 e. The minimum absolute atomic E-state index is 0.0733. The van der Waals surface area contributed by atoms with Crippen LogP contribution in [-0.4, -0.2) is 29.3 Å². The van der Waals surface area contributed by atoms with E-state index >= 15 is 0 Å². The average molecular weight is 435 g/mol. The predicted molar refractivity (Wildman–Crippen MR) is 119 cm³/mol. The van der Waals surface area contributed by atoms with E-state index in [1.807, 2.05) is 44.2 Å². The van der Waals surface area contributed by atoms with Gasteiger partial charge < -0.3 is 10.2 Å². The number of nitrogens with zero attached hydrogens (tertiary/aromatic N) is 1. The topological polar surface area (TPSA) is 49.4 Å². The summed E-state index contributed by atoms with van der Waals surface area (Å²) in [4.78, 5) is 27.2. The highest BCUT2D eigenvalue weighted by atomic mass is 35.5. The Bertz CT molecular complexity index is 837. The van der Waals surface area contributed by atoms with Gasteiger partial charge in [-0.25, -0.2) is 0 Å². The Hall–Kier alpha value is -2.04. The summed E-state index contributed by atoms with van der Waals surface area (Å²) in [6, 6.07) is 12.8. The molecule has 0 saturated carbocycles. The largest absolute Gasteiger partial charge is 0.354 e. The highest BCUT2D eigenvalue weighted by Crippen LogP contribution is 2.24. The van der Waals surface area contributed by atoms with Crippen molar-refractivity contribution in [1.29, 1.82) is 0 Å². The molecule has 29 heavy (non-hydrogen) atoms. The number of benzene rings is 2. The molecule has 0 bridgehead atoms. The molecule has 0 radical (unpaired) electrons. The molecule has 4 nitrogen and oxygen atoms in total. The van der Waals surface area contributed by atoms with Crippen molar-refractivity contribution >= 4 is 35.0 Å². The van der Waals surface area contributed by atoms with Gasteiger partial charge in [0, 0.05) is 19.5 Å². The van der Waals surface area contributed by atoms with Crippen molar-refractivity contribution in [2.24, 2.45) is 0 Å². The SMILES string of the molecule is CCCNC(=O)[C@H](C)N(Cc1ccc(Cl)c(Cl)c1)C(=O)CCc1ccc(C)cc1. The number of carbonyl (C=O) groups is 2. The van der Waals surface area contributed by atoms with Gasteiger partial charge in [0.05, 0.1) is 10.0 Å². The van der Waals surface area contributed by atoms with Crippen LogP contribution in [0.5, 0.6) is 0 Å². The molecule has 0 unspecified atom stereocenters. The van der Waals surface area contributed by atoms with E-state index < -0.39 is 6.04 Å². The minimum Gasteiger partial charge on any atom is -0.354 e. The number of hydrogen-bond acceptors (Lipinski definition) is 2. The molecular weight excluding hydrogens is 407 g/mol. The first-order chi connectivity index (χ1) is 13.8. The minimum atomic E-state index is -0.582. The van der Waals surface area contributed by atoms with Gasteiger partial charge in [-0.2, -0.15) is 0 Å². The number of rotatable bonds is 9. The standard InChI is InChI=1S/C23H28Cl2N2O2/c1-4-13-26-23(29)17(3)27(15-19-9-11-20(24)21(25)14-19)22(28)12-10-18-7-5-16(2)6-8-18/h5-9,11,14,17H,4,10,12-13,15H2,1-3H3,(H,26,29)/t17-/m0/s1. The summed E-state index contributed by atoms with van der Waals surface area (Å²) < 4.78 is 0. The molecule has 0 saturated heterocycles. The molecule has 0 spiro atoms. The first-order valence-corrected chi connectivity index (χ1v) is 10.6. The molecule has 1 atom stereocenters. The van der Waals surface area contributed by atoms with Gasteiger partial charge in [0.2, 0.25) is 11.8 Å². The van der Waals surface area contributed by atoms with Crippen LogP contribution < -0.4 is 5.32 Å². The number of halogens is 2. The third kappa shape index (κ3) is 7.06. The monoisotopic (exact) mass is 434 g/mol. The van der Waals surface area contributed by atoms with Crippen molar-refractivity contribution < 1.29 is 9.59 Å². The third-order valence-corrected chi connectivity index (χ3v) is 5.54. The summed E-state index contributed by atoms with van der Waals surface area (Å²) in [5, 5.41) is 3.76. The van der Waals surface area contributed by atoms with Crippen molar-refractivity contribution in [2.75, 3.05) is 6.54 Å². The van der Waals surface area contributed by atoms with Crippen molar-refractivity contribution in [2.45, 2.75) is 52.6 Å². The molecule has 0 heterocycles. The zero-order valence-electron chi connectivity index (χ0n) is 17.2. The molecule has 1 N–H and O–H groups in total. The smallest absolute Gasteiger partial charge is 0.242 e. The quantitative estimate of drug-likeness (QED) is 0.590. The molecule has 2 aromatic carbocycles. The maximum atomic E-state index is 13.0. The lowest BCUT2D eigenvalue weighted by Gasteiger charge is -2.29.